The van der Waals surface area contributed by atoms with Gasteiger partial charge in [0, 0.05) is 8.09 Å². The largest absolute Gasteiger partial charge is 0.233 e. The second-order valence-electron chi connectivity index (χ2n) is 1.10. The minimum atomic E-state index is 0.123. The molecule has 0 spiro atoms. The van der Waals surface area contributed by atoms with Crippen molar-refractivity contribution in [3.63, 3.8) is 0 Å². The van der Waals surface area contributed by atoms with Gasteiger partial charge in [0.2, 0.25) is 0 Å². The summed E-state index contributed by atoms with van der Waals surface area (Å²) in [7, 11) is 0. The zero-order valence-corrected chi connectivity index (χ0v) is 9.07. The molecule has 0 N–H and O–H groups in total. The van der Waals surface area contributed by atoms with Crippen LogP contribution in [0.15, 0.2) is 13.7 Å². The van der Waals surface area contributed by atoms with Gasteiger partial charge in [-0.1, -0.05) is 20.7 Å². The van der Waals surface area contributed by atoms with Crippen molar-refractivity contribution in [1.29, 1.82) is 0 Å². The minimum absolute atomic E-state index is 0.123. The average Bonchev–Trinajstić information content (AvgIpc) is 1.64. The maximum Gasteiger partial charge on any atom is 0.113 e. The van der Waals surface area contributed by atoms with Crippen LogP contribution < -0.4 is 0 Å². The summed E-state index contributed by atoms with van der Waals surface area (Å²) in [6, 6.07) is 0. The second kappa shape index (κ2) is 3.22. The van der Waals surface area contributed by atoms with Crippen LogP contribution in [0.4, 0.5) is 0 Å². The van der Waals surface area contributed by atoms with Crippen LogP contribution in [0, 0.1) is 0 Å². The molecule has 0 radical (unpaired) electrons. The van der Waals surface area contributed by atoms with E-state index in [4.69, 9.17) is 0 Å². The van der Waals surface area contributed by atoms with Crippen LogP contribution in [0.25, 0.3) is 0 Å². The molecule has 0 saturated carbocycles. The number of halogens is 3. The molecule has 0 amide bonds. The van der Waals surface area contributed by atoms with E-state index in [0.29, 0.717) is 0 Å². The van der Waals surface area contributed by atoms with Gasteiger partial charge in [0.15, 0.2) is 0 Å². The third kappa shape index (κ3) is 2.06. The fourth-order valence-electron chi connectivity index (χ4n) is 0.286. The lowest BCUT2D eigenvalue weighted by Crippen LogP contribution is -1.85. The number of hydrogen-bond donors (Lipinski definition) is 0. The Hall–Kier alpha value is 0.970. The highest BCUT2D eigenvalue weighted by Crippen LogP contribution is 2.18. The summed E-state index contributed by atoms with van der Waals surface area (Å²) in [6.07, 6.45) is 0. The fourth-order valence-corrected chi connectivity index (χ4v) is 3.30. The Morgan fingerprint density at radius 1 is 1.50 bits per heavy atom. The first-order valence-electron chi connectivity index (χ1n) is 1.84. The molecule has 1 aliphatic rings. The van der Waals surface area contributed by atoms with Crippen LogP contribution in [0.1, 0.15) is 0 Å². The highest BCUT2D eigenvalue weighted by atomic mass is 127. The van der Waals surface area contributed by atoms with Crippen molar-refractivity contribution >= 4 is 61.2 Å². The first-order chi connectivity index (χ1) is 3.79. The third-order valence-electron chi connectivity index (χ3n) is 0.520. The van der Waals surface area contributed by atoms with Gasteiger partial charge in [-0.15, -0.1) is 0 Å². The van der Waals surface area contributed by atoms with Gasteiger partial charge in [0.25, 0.3) is 0 Å². The third-order valence-corrected chi connectivity index (χ3v) is 4.94. The number of rotatable bonds is 0. The Morgan fingerprint density at radius 3 is 2.62 bits per heavy atom. The van der Waals surface area contributed by atoms with Crippen LogP contribution in [0.3, 0.4) is 0 Å². The molecule has 1 rings (SSSR count). The zero-order valence-electron chi connectivity index (χ0n) is 3.74. The molecule has 0 aromatic carbocycles. The van der Waals surface area contributed by atoms with E-state index in [1.54, 1.807) is 0 Å². The van der Waals surface area contributed by atoms with Crippen LogP contribution >= 0.6 is 52.6 Å². The summed E-state index contributed by atoms with van der Waals surface area (Å²) in [6.45, 7) is 0. The quantitative estimate of drug-likeness (QED) is 0.470. The van der Waals surface area contributed by atoms with Gasteiger partial charge in [-0.05, 0) is 31.9 Å². The lowest BCUT2D eigenvalue weighted by molar-refractivity contribution is 1.60. The molecule has 0 unspecified atom stereocenters. The van der Waals surface area contributed by atoms with E-state index >= 15 is 0 Å². The van der Waals surface area contributed by atoms with Gasteiger partial charge in [-0.25, -0.2) is 4.99 Å². The Balaban J connectivity index is 2.89. The SMILES string of the molecule is BrC1=CI=CC(Br)=N1. The zero-order chi connectivity index (χ0) is 5.98. The van der Waals surface area contributed by atoms with Crippen molar-refractivity contribution < 1.29 is 0 Å². The van der Waals surface area contributed by atoms with Crippen molar-refractivity contribution in [3.05, 3.63) is 8.69 Å². The summed E-state index contributed by atoms with van der Waals surface area (Å²) in [5.74, 6) is 0. The second-order valence-corrected chi connectivity index (χ2v) is 4.69. The molecule has 0 saturated heterocycles. The molecule has 1 aliphatic heterocycles. The van der Waals surface area contributed by atoms with Crippen molar-refractivity contribution in [3.8, 4) is 0 Å². The first-order valence-corrected chi connectivity index (χ1v) is 5.92. The van der Waals surface area contributed by atoms with Crippen LogP contribution in [-0.4, -0.2) is 8.63 Å². The van der Waals surface area contributed by atoms with Crippen molar-refractivity contribution in [2.75, 3.05) is 0 Å². The van der Waals surface area contributed by atoms with Gasteiger partial charge in [0.1, 0.15) is 9.23 Å². The Kier molecular flexibility index (Phi) is 2.85. The topological polar surface area (TPSA) is 12.4 Å². The van der Waals surface area contributed by atoms with Gasteiger partial charge in [-0.2, -0.15) is 0 Å². The van der Waals surface area contributed by atoms with Crippen LogP contribution in [0.5, 0.6) is 0 Å². The van der Waals surface area contributed by atoms with Gasteiger partial charge in [-0.3, -0.25) is 0 Å². The normalized spacial score (nSPS) is 18.8. The summed E-state index contributed by atoms with van der Waals surface area (Å²) in [5.41, 5.74) is 0. The van der Waals surface area contributed by atoms with Crippen molar-refractivity contribution in [1.82, 2.24) is 0 Å². The molecular formula is C4H2Br2IN. The first kappa shape index (κ1) is 7.08. The monoisotopic (exact) mass is 349 g/mol. The van der Waals surface area contributed by atoms with E-state index in [1.165, 1.54) is 0 Å². The molecule has 1 nitrogen and oxygen atoms in total. The van der Waals surface area contributed by atoms with E-state index < -0.39 is 0 Å². The van der Waals surface area contributed by atoms with Crippen molar-refractivity contribution in [2.24, 2.45) is 4.99 Å². The van der Waals surface area contributed by atoms with E-state index in [0.717, 1.165) is 9.23 Å². The highest BCUT2D eigenvalue weighted by molar-refractivity contribution is 14.2. The van der Waals surface area contributed by atoms with E-state index in [1.807, 2.05) is 0 Å². The number of aliphatic imine (C=N–C) groups is 1. The van der Waals surface area contributed by atoms with Gasteiger partial charge < -0.3 is 0 Å². The summed E-state index contributed by atoms with van der Waals surface area (Å²) < 4.78 is 6.15. The molecule has 0 aromatic rings. The highest BCUT2D eigenvalue weighted by Gasteiger charge is 1.92. The Labute approximate surface area is 74.3 Å². The molecule has 0 atom stereocenters. The van der Waals surface area contributed by atoms with Crippen LogP contribution in [0.2, 0.25) is 0 Å². The summed E-state index contributed by atoms with van der Waals surface area (Å²) >= 11 is 6.68. The fraction of sp³-hybridized carbons (Fsp3) is 0. The molecule has 0 aliphatic carbocycles. The maximum absolute atomic E-state index is 4.07. The Morgan fingerprint density at radius 2 is 2.25 bits per heavy atom. The van der Waals surface area contributed by atoms with E-state index in [-0.39, 0.29) is 20.7 Å². The average molecular weight is 351 g/mol. The minimum Gasteiger partial charge on any atom is -0.233 e. The summed E-state index contributed by atoms with van der Waals surface area (Å²) in [4.78, 5) is 4.07. The molecule has 44 valence electrons. The maximum atomic E-state index is 4.07. The molecule has 0 aromatic heterocycles. The van der Waals surface area contributed by atoms with E-state index in [2.05, 4.69) is 44.9 Å². The van der Waals surface area contributed by atoms with Gasteiger partial charge >= 0.3 is 0 Å². The smallest absolute Gasteiger partial charge is 0.113 e. The molecule has 8 heavy (non-hydrogen) atoms. The van der Waals surface area contributed by atoms with Crippen LogP contribution in [-0.2, 0) is 0 Å². The summed E-state index contributed by atoms with van der Waals surface area (Å²) in [5, 5.41) is 0. The van der Waals surface area contributed by atoms with Gasteiger partial charge in [0.05, 0.1) is 0 Å². The number of hydrogen-bond acceptors (Lipinski definition) is 1. The molecule has 0 bridgehead atoms. The lowest BCUT2D eigenvalue weighted by atomic mass is 10.8. The standard InChI is InChI=1S/C4H2Br2IN/c5-3-1-7-2-4(6)8-3/h1-2H. The molecule has 4 heteroatoms. The predicted octanol–water partition coefficient (Wildman–Crippen LogP) is 2.76. The molecule has 1 heterocycles. The Bertz CT molecular complexity index is 180. The van der Waals surface area contributed by atoms with E-state index in [9.17, 15) is 0 Å². The predicted molar refractivity (Wildman–Crippen MR) is 53.5 cm³/mol. The molecule has 0 fully saturated rings. The van der Waals surface area contributed by atoms with Crippen molar-refractivity contribution in [2.45, 2.75) is 0 Å². The lowest BCUT2D eigenvalue weighted by Gasteiger charge is -1.92. The molecular weight excluding hydrogens is 349 g/mol. The number of nitrogens with zero attached hydrogens (tertiary/aromatic N) is 1.